The van der Waals surface area contributed by atoms with E-state index in [0.717, 1.165) is 18.5 Å². The lowest BCUT2D eigenvalue weighted by Gasteiger charge is -2.20. The van der Waals surface area contributed by atoms with Gasteiger partial charge in [0, 0.05) is 37.4 Å². The number of amides is 1. The molecular weight excluding hydrogens is 364 g/mol. The van der Waals surface area contributed by atoms with Gasteiger partial charge in [-0.3, -0.25) is 4.79 Å². The molecule has 2 N–H and O–H groups in total. The largest absolute Gasteiger partial charge is 0.356 e. The van der Waals surface area contributed by atoms with Crippen LogP contribution in [0, 0.1) is 0 Å². The van der Waals surface area contributed by atoms with Gasteiger partial charge in [0.2, 0.25) is 15.9 Å². The van der Waals surface area contributed by atoms with Gasteiger partial charge in [0.1, 0.15) is 0 Å². The highest BCUT2D eigenvalue weighted by Crippen LogP contribution is 2.14. The molecule has 0 aliphatic carbocycles. The Kier molecular flexibility index (Phi) is 7.15. The van der Waals surface area contributed by atoms with Crippen molar-refractivity contribution in [1.82, 2.24) is 19.6 Å². The van der Waals surface area contributed by atoms with Crippen LogP contribution in [0.3, 0.4) is 0 Å². The topological polar surface area (TPSA) is 93.1 Å². The fourth-order valence-electron chi connectivity index (χ4n) is 2.55. The summed E-state index contributed by atoms with van der Waals surface area (Å²) in [6, 6.07) is 6.66. The molecule has 1 aromatic heterocycles. The summed E-state index contributed by atoms with van der Waals surface area (Å²) in [5.74, 6) is -0.00766. The third-order valence-electron chi connectivity index (χ3n) is 3.79. The number of rotatable bonds is 9. The molecule has 0 aliphatic rings. The summed E-state index contributed by atoms with van der Waals surface area (Å²) >= 11 is 0. The smallest absolute Gasteiger partial charge is 0.241 e. The third-order valence-corrected chi connectivity index (χ3v) is 5.56. The van der Waals surface area contributed by atoms with E-state index in [1.165, 1.54) is 0 Å². The summed E-state index contributed by atoms with van der Waals surface area (Å²) in [6.07, 6.45) is 7.16. The molecule has 0 bridgehead atoms. The highest BCUT2D eigenvalue weighted by molar-refractivity contribution is 7.89. The Bertz CT molecular complexity index is 823. The minimum atomic E-state index is -3.54. The van der Waals surface area contributed by atoms with E-state index in [1.54, 1.807) is 57.6 Å². The van der Waals surface area contributed by atoms with E-state index in [1.807, 2.05) is 10.8 Å². The normalized spacial score (nSPS) is 12.1. The van der Waals surface area contributed by atoms with E-state index >= 15 is 0 Å². The lowest BCUT2D eigenvalue weighted by molar-refractivity contribution is -0.121. The van der Waals surface area contributed by atoms with E-state index in [2.05, 4.69) is 15.0 Å². The predicted octanol–water partition coefficient (Wildman–Crippen LogP) is 2.10. The van der Waals surface area contributed by atoms with Gasteiger partial charge < -0.3 is 9.88 Å². The molecule has 8 heteroatoms. The molecule has 0 fully saturated rings. The van der Waals surface area contributed by atoms with Crippen LogP contribution in [0.5, 0.6) is 0 Å². The van der Waals surface area contributed by atoms with Gasteiger partial charge in [-0.2, -0.15) is 0 Å². The number of nitrogens with zero attached hydrogens (tertiary/aromatic N) is 2. The monoisotopic (exact) mass is 392 g/mol. The van der Waals surface area contributed by atoms with E-state index in [0.29, 0.717) is 19.4 Å². The van der Waals surface area contributed by atoms with E-state index in [9.17, 15) is 13.2 Å². The van der Waals surface area contributed by atoms with Crippen LogP contribution in [0.25, 0.3) is 0 Å². The molecule has 1 heterocycles. The quantitative estimate of drug-likeness (QED) is 0.639. The second-order valence-electron chi connectivity index (χ2n) is 7.50. The zero-order chi connectivity index (χ0) is 19.9. The highest BCUT2D eigenvalue weighted by Gasteiger charge is 2.21. The third kappa shape index (κ3) is 7.52. The fraction of sp³-hybridized carbons (Fsp3) is 0.474. The number of carbonyl (C=O) groups excluding carboxylic acids is 1. The number of nitrogens with one attached hydrogen (secondary N) is 2. The number of benzene rings is 1. The van der Waals surface area contributed by atoms with Gasteiger partial charge in [0.15, 0.2) is 0 Å². The summed E-state index contributed by atoms with van der Waals surface area (Å²) in [6.45, 7) is 6.83. The summed E-state index contributed by atoms with van der Waals surface area (Å²) in [5, 5.41) is 2.90. The number of imidazole rings is 1. The Morgan fingerprint density at radius 3 is 2.48 bits per heavy atom. The Morgan fingerprint density at radius 1 is 1.19 bits per heavy atom. The molecular formula is C19H28N4O3S. The minimum absolute atomic E-state index is 0.00766. The first-order valence-corrected chi connectivity index (χ1v) is 10.5. The van der Waals surface area contributed by atoms with Crippen molar-refractivity contribution < 1.29 is 13.2 Å². The average molecular weight is 393 g/mol. The Balaban J connectivity index is 1.75. The maximum Gasteiger partial charge on any atom is 0.241 e. The van der Waals surface area contributed by atoms with Gasteiger partial charge in [0.05, 0.1) is 11.2 Å². The van der Waals surface area contributed by atoms with Crippen LogP contribution in [0.2, 0.25) is 0 Å². The fourth-order valence-corrected chi connectivity index (χ4v) is 3.97. The van der Waals surface area contributed by atoms with Crippen molar-refractivity contribution in [3.8, 4) is 0 Å². The van der Waals surface area contributed by atoms with Crippen molar-refractivity contribution in [3.05, 3.63) is 48.5 Å². The lowest BCUT2D eigenvalue weighted by atomic mass is 10.1. The van der Waals surface area contributed by atoms with Gasteiger partial charge in [-0.15, -0.1) is 0 Å². The number of carbonyl (C=O) groups is 1. The van der Waals surface area contributed by atoms with Gasteiger partial charge in [-0.1, -0.05) is 12.1 Å². The zero-order valence-corrected chi connectivity index (χ0v) is 16.9. The molecule has 2 aromatic rings. The maximum absolute atomic E-state index is 12.3. The molecule has 0 saturated carbocycles. The number of hydrogen-bond acceptors (Lipinski definition) is 4. The number of aromatic nitrogens is 2. The molecule has 0 atom stereocenters. The van der Waals surface area contributed by atoms with Crippen LogP contribution in [0.4, 0.5) is 0 Å². The van der Waals surface area contributed by atoms with Crippen LogP contribution in [-0.2, 0) is 27.8 Å². The first-order valence-electron chi connectivity index (χ1n) is 9.01. The molecule has 0 unspecified atom stereocenters. The van der Waals surface area contributed by atoms with Crippen molar-refractivity contribution in [3.63, 3.8) is 0 Å². The molecule has 0 saturated heterocycles. The predicted molar refractivity (Wildman–Crippen MR) is 105 cm³/mol. The first-order chi connectivity index (χ1) is 12.7. The van der Waals surface area contributed by atoms with Crippen LogP contribution >= 0.6 is 0 Å². The molecule has 148 valence electrons. The summed E-state index contributed by atoms with van der Waals surface area (Å²) < 4.78 is 29.1. The number of aryl methyl sites for hydroxylation is 2. The van der Waals surface area contributed by atoms with Crippen molar-refractivity contribution >= 4 is 15.9 Å². The van der Waals surface area contributed by atoms with Crippen LogP contribution in [-0.4, -0.2) is 36.0 Å². The minimum Gasteiger partial charge on any atom is -0.356 e. The van der Waals surface area contributed by atoms with Gasteiger partial charge >= 0.3 is 0 Å². The standard InChI is InChI=1S/C19H28N4O3S/c1-19(2,3)22-27(25,26)17-8-5-16(6-9-17)7-10-18(24)21-11-4-13-23-14-12-20-15-23/h5-6,8-9,12,14-15,22H,4,7,10-11,13H2,1-3H3,(H,21,24). The first kappa shape index (κ1) is 21.1. The van der Waals surface area contributed by atoms with Gasteiger partial charge in [0.25, 0.3) is 0 Å². The molecule has 1 aromatic carbocycles. The van der Waals surface area contributed by atoms with Crippen LogP contribution in [0.15, 0.2) is 47.9 Å². The van der Waals surface area contributed by atoms with E-state index in [-0.39, 0.29) is 10.8 Å². The zero-order valence-electron chi connectivity index (χ0n) is 16.1. The van der Waals surface area contributed by atoms with Crippen LogP contribution < -0.4 is 10.0 Å². The average Bonchev–Trinajstić information content (AvgIpc) is 3.08. The summed E-state index contributed by atoms with van der Waals surface area (Å²) in [7, 11) is -3.54. The number of sulfonamides is 1. The summed E-state index contributed by atoms with van der Waals surface area (Å²) in [5.41, 5.74) is 0.395. The van der Waals surface area contributed by atoms with Gasteiger partial charge in [-0.25, -0.2) is 18.1 Å². The lowest BCUT2D eigenvalue weighted by Crippen LogP contribution is -2.40. The Morgan fingerprint density at radius 2 is 1.89 bits per heavy atom. The van der Waals surface area contributed by atoms with Crippen molar-refractivity contribution in [2.75, 3.05) is 6.54 Å². The molecule has 0 radical (unpaired) electrons. The molecule has 7 nitrogen and oxygen atoms in total. The molecule has 0 aliphatic heterocycles. The molecule has 1 amide bonds. The Hall–Kier alpha value is -2.19. The van der Waals surface area contributed by atoms with E-state index < -0.39 is 15.6 Å². The molecule has 27 heavy (non-hydrogen) atoms. The van der Waals surface area contributed by atoms with Crippen molar-refractivity contribution in [1.29, 1.82) is 0 Å². The summed E-state index contributed by atoms with van der Waals surface area (Å²) in [4.78, 5) is 16.1. The second-order valence-corrected chi connectivity index (χ2v) is 9.19. The number of hydrogen-bond donors (Lipinski definition) is 2. The van der Waals surface area contributed by atoms with Crippen molar-refractivity contribution in [2.24, 2.45) is 0 Å². The molecule has 2 rings (SSSR count). The van der Waals surface area contributed by atoms with Crippen molar-refractivity contribution in [2.45, 2.75) is 57.0 Å². The maximum atomic E-state index is 12.3. The van der Waals surface area contributed by atoms with Gasteiger partial charge in [-0.05, 0) is 51.3 Å². The van der Waals surface area contributed by atoms with Crippen LogP contribution in [0.1, 0.15) is 39.2 Å². The Labute approximate surface area is 161 Å². The second kappa shape index (κ2) is 9.14. The SMILES string of the molecule is CC(C)(C)NS(=O)(=O)c1ccc(CCC(=O)NCCCn2ccnc2)cc1. The van der Waals surface area contributed by atoms with E-state index in [4.69, 9.17) is 0 Å². The molecule has 0 spiro atoms. The highest BCUT2D eigenvalue weighted by atomic mass is 32.2.